The highest BCUT2D eigenvalue weighted by atomic mass is 16.2. The Hall–Kier alpha value is -1.49. The highest BCUT2D eigenvalue weighted by Crippen LogP contribution is 2.23. The molecular formula is C16H26N4O. The Morgan fingerprint density at radius 2 is 2.00 bits per heavy atom. The van der Waals surface area contributed by atoms with E-state index in [4.69, 9.17) is 0 Å². The largest absolute Gasteiger partial charge is 0.348 e. The van der Waals surface area contributed by atoms with Gasteiger partial charge < -0.3 is 4.90 Å². The highest BCUT2D eigenvalue weighted by Gasteiger charge is 2.29. The maximum absolute atomic E-state index is 11.6. The first-order chi connectivity index (χ1) is 9.75. The second-order valence-corrected chi connectivity index (χ2v) is 7.20. The molecule has 21 heavy (non-hydrogen) atoms. The number of nitrogens with zero attached hydrogens (tertiary/aromatic N) is 4. The van der Waals surface area contributed by atoms with E-state index in [9.17, 15) is 4.79 Å². The number of hydrogen-bond donors (Lipinski definition) is 0. The zero-order valence-corrected chi connectivity index (χ0v) is 13.8. The molecule has 116 valence electrons. The van der Waals surface area contributed by atoms with Crippen molar-refractivity contribution in [3.05, 3.63) is 23.8 Å². The summed E-state index contributed by atoms with van der Waals surface area (Å²) < 4.78 is 0. The minimum absolute atomic E-state index is 0.0570. The monoisotopic (exact) mass is 290 g/mol. The fourth-order valence-electron chi connectivity index (χ4n) is 2.48. The van der Waals surface area contributed by atoms with Crippen LogP contribution < -0.4 is 0 Å². The predicted molar refractivity (Wildman–Crippen MR) is 83.1 cm³/mol. The summed E-state index contributed by atoms with van der Waals surface area (Å²) in [5.41, 5.74) is 2.26. The van der Waals surface area contributed by atoms with Crippen LogP contribution in [-0.4, -0.2) is 59.4 Å². The summed E-state index contributed by atoms with van der Waals surface area (Å²) in [6, 6.07) is 2.12. The standard InChI is InChI=1S/C16H26N4O/c1-16(2,3)14-7-13(17-11-18-14)6-12-8-20(9-12)10-15(21)19(4)5/h7,11-12H,6,8-10H2,1-5H3. The minimum atomic E-state index is 0.0570. The number of aromatic nitrogens is 2. The summed E-state index contributed by atoms with van der Waals surface area (Å²) in [5, 5.41) is 0. The van der Waals surface area contributed by atoms with Gasteiger partial charge in [-0.25, -0.2) is 9.97 Å². The molecule has 1 fully saturated rings. The number of carbonyl (C=O) groups excluding carboxylic acids is 1. The van der Waals surface area contributed by atoms with Gasteiger partial charge in [-0.15, -0.1) is 0 Å². The van der Waals surface area contributed by atoms with Gasteiger partial charge in [-0.3, -0.25) is 9.69 Å². The molecule has 0 unspecified atom stereocenters. The van der Waals surface area contributed by atoms with Gasteiger partial charge in [-0.1, -0.05) is 20.8 Å². The SMILES string of the molecule is CN(C)C(=O)CN1CC(Cc2cc(C(C)(C)C)ncn2)C1. The van der Waals surface area contributed by atoms with Crippen LogP contribution in [0.25, 0.3) is 0 Å². The Morgan fingerprint density at radius 3 is 2.57 bits per heavy atom. The molecule has 1 aliphatic rings. The van der Waals surface area contributed by atoms with Crippen LogP contribution in [-0.2, 0) is 16.6 Å². The number of hydrogen-bond acceptors (Lipinski definition) is 4. The van der Waals surface area contributed by atoms with Gasteiger partial charge in [0.2, 0.25) is 5.91 Å². The average molecular weight is 290 g/mol. The summed E-state index contributed by atoms with van der Waals surface area (Å²) in [5.74, 6) is 0.771. The van der Waals surface area contributed by atoms with Crippen LogP contribution in [0.2, 0.25) is 0 Å². The van der Waals surface area contributed by atoms with Crippen molar-refractivity contribution in [3.8, 4) is 0 Å². The first-order valence-corrected chi connectivity index (χ1v) is 7.49. The molecule has 0 atom stereocenters. The zero-order valence-electron chi connectivity index (χ0n) is 13.8. The van der Waals surface area contributed by atoms with Crippen molar-refractivity contribution in [2.24, 2.45) is 5.92 Å². The van der Waals surface area contributed by atoms with E-state index in [0.29, 0.717) is 12.5 Å². The van der Waals surface area contributed by atoms with E-state index in [1.807, 2.05) is 0 Å². The molecule has 1 aromatic rings. The fourth-order valence-corrected chi connectivity index (χ4v) is 2.48. The Bertz CT molecular complexity index is 501. The lowest BCUT2D eigenvalue weighted by Gasteiger charge is -2.39. The zero-order chi connectivity index (χ0) is 15.6. The number of rotatable bonds is 4. The first-order valence-electron chi connectivity index (χ1n) is 7.49. The topological polar surface area (TPSA) is 49.3 Å². The van der Waals surface area contributed by atoms with Crippen LogP contribution in [0.15, 0.2) is 12.4 Å². The summed E-state index contributed by atoms with van der Waals surface area (Å²) in [4.78, 5) is 24.2. The number of likely N-dealkylation sites (tertiary alicyclic amines) is 1. The van der Waals surface area contributed by atoms with E-state index < -0.39 is 0 Å². The average Bonchev–Trinajstić information content (AvgIpc) is 2.35. The first kappa shape index (κ1) is 15.9. The van der Waals surface area contributed by atoms with Gasteiger partial charge in [0.1, 0.15) is 6.33 Å². The molecule has 0 aromatic carbocycles. The van der Waals surface area contributed by atoms with Gasteiger partial charge in [-0.05, 0) is 18.4 Å². The Balaban J connectivity index is 1.84. The summed E-state index contributed by atoms with van der Waals surface area (Å²) in [7, 11) is 3.60. The van der Waals surface area contributed by atoms with Gasteiger partial charge in [0.15, 0.2) is 0 Å². The van der Waals surface area contributed by atoms with E-state index in [0.717, 1.165) is 30.9 Å². The summed E-state index contributed by atoms with van der Waals surface area (Å²) in [6.07, 6.45) is 2.64. The van der Waals surface area contributed by atoms with E-state index in [1.54, 1.807) is 25.3 Å². The normalized spacial score (nSPS) is 16.6. The van der Waals surface area contributed by atoms with E-state index in [2.05, 4.69) is 41.7 Å². The molecule has 5 nitrogen and oxygen atoms in total. The van der Waals surface area contributed by atoms with Crippen LogP contribution in [0, 0.1) is 5.92 Å². The molecule has 0 bridgehead atoms. The molecule has 0 aliphatic carbocycles. The third-order valence-electron chi connectivity index (χ3n) is 3.88. The second-order valence-electron chi connectivity index (χ2n) is 7.20. The van der Waals surface area contributed by atoms with Crippen molar-refractivity contribution in [2.45, 2.75) is 32.6 Å². The molecule has 5 heteroatoms. The fraction of sp³-hybridized carbons (Fsp3) is 0.688. The molecule has 0 saturated carbocycles. The molecule has 1 saturated heterocycles. The van der Waals surface area contributed by atoms with Gasteiger partial charge in [0.25, 0.3) is 0 Å². The van der Waals surface area contributed by atoms with Crippen molar-refractivity contribution in [1.29, 1.82) is 0 Å². The minimum Gasteiger partial charge on any atom is -0.348 e. The third kappa shape index (κ3) is 4.24. The van der Waals surface area contributed by atoms with E-state index in [1.165, 1.54) is 0 Å². The highest BCUT2D eigenvalue weighted by molar-refractivity contribution is 5.77. The van der Waals surface area contributed by atoms with Crippen LogP contribution in [0.3, 0.4) is 0 Å². The Morgan fingerprint density at radius 1 is 1.33 bits per heavy atom. The van der Waals surface area contributed by atoms with Crippen LogP contribution in [0.4, 0.5) is 0 Å². The molecule has 0 radical (unpaired) electrons. The van der Waals surface area contributed by atoms with Crippen molar-refractivity contribution < 1.29 is 4.79 Å². The summed E-state index contributed by atoms with van der Waals surface area (Å²) in [6.45, 7) is 8.98. The lowest BCUT2D eigenvalue weighted by atomic mass is 9.89. The predicted octanol–water partition coefficient (Wildman–Crippen LogP) is 1.34. The van der Waals surface area contributed by atoms with Crippen molar-refractivity contribution in [1.82, 2.24) is 19.8 Å². The molecule has 1 aliphatic heterocycles. The maximum Gasteiger partial charge on any atom is 0.236 e. The second kappa shape index (κ2) is 6.10. The molecule has 2 heterocycles. The number of likely N-dealkylation sites (N-methyl/N-ethyl adjacent to an activating group) is 1. The molecular weight excluding hydrogens is 264 g/mol. The molecule has 1 amide bonds. The molecule has 2 rings (SSSR count). The van der Waals surface area contributed by atoms with Crippen LogP contribution in [0.1, 0.15) is 32.2 Å². The third-order valence-corrected chi connectivity index (χ3v) is 3.88. The van der Waals surface area contributed by atoms with Crippen molar-refractivity contribution in [3.63, 3.8) is 0 Å². The molecule has 1 aromatic heterocycles. The van der Waals surface area contributed by atoms with Crippen molar-refractivity contribution >= 4 is 5.91 Å². The molecule has 0 N–H and O–H groups in total. The van der Waals surface area contributed by atoms with E-state index >= 15 is 0 Å². The summed E-state index contributed by atoms with van der Waals surface area (Å²) >= 11 is 0. The van der Waals surface area contributed by atoms with Crippen molar-refractivity contribution in [2.75, 3.05) is 33.7 Å². The Kier molecular flexibility index (Phi) is 4.61. The lowest BCUT2D eigenvalue weighted by molar-refractivity contribution is -0.131. The van der Waals surface area contributed by atoms with Gasteiger partial charge in [0, 0.05) is 44.0 Å². The Labute approximate surface area is 127 Å². The smallest absolute Gasteiger partial charge is 0.236 e. The maximum atomic E-state index is 11.6. The van der Waals surface area contributed by atoms with Gasteiger partial charge in [-0.2, -0.15) is 0 Å². The quantitative estimate of drug-likeness (QED) is 0.839. The number of carbonyl (C=O) groups is 1. The van der Waals surface area contributed by atoms with Crippen LogP contribution >= 0.6 is 0 Å². The van der Waals surface area contributed by atoms with Gasteiger partial charge in [0.05, 0.1) is 6.54 Å². The van der Waals surface area contributed by atoms with Gasteiger partial charge >= 0.3 is 0 Å². The van der Waals surface area contributed by atoms with E-state index in [-0.39, 0.29) is 11.3 Å². The lowest BCUT2D eigenvalue weighted by Crippen LogP contribution is -2.51. The number of amides is 1. The molecule has 0 spiro atoms. The van der Waals surface area contributed by atoms with Crippen LogP contribution in [0.5, 0.6) is 0 Å².